The molecule has 1 rings (SSSR count). The van der Waals surface area contributed by atoms with Gasteiger partial charge in [-0.2, -0.15) is 0 Å². The predicted octanol–water partition coefficient (Wildman–Crippen LogP) is 1.89. The van der Waals surface area contributed by atoms with Gasteiger partial charge in [0.2, 0.25) is 0 Å². The molecule has 100 valence electrons. The lowest BCUT2D eigenvalue weighted by Crippen LogP contribution is -2.14. The van der Waals surface area contributed by atoms with Crippen molar-refractivity contribution in [1.82, 2.24) is 4.98 Å². The number of aryl methyl sites for hydroxylation is 1. The van der Waals surface area contributed by atoms with Crippen LogP contribution in [0.4, 0.5) is 8.78 Å². The van der Waals surface area contributed by atoms with Gasteiger partial charge < -0.3 is 10.5 Å². The van der Waals surface area contributed by atoms with Crippen LogP contribution in [-0.4, -0.2) is 17.6 Å². The van der Waals surface area contributed by atoms with Gasteiger partial charge in [0.1, 0.15) is 0 Å². The van der Waals surface area contributed by atoms with Crippen molar-refractivity contribution in [3.05, 3.63) is 28.6 Å². The highest BCUT2D eigenvalue weighted by atomic mass is 19.3. The quantitative estimate of drug-likeness (QED) is 0.819. The maximum atomic E-state index is 12.9. The summed E-state index contributed by atoms with van der Waals surface area (Å²) in [5.41, 5.74) is 6.15. The predicted molar refractivity (Wildman–Crippen MR) is 62.2 cm³/mol. The largest absolute Gasteiger partial charge is 0.466 e. The summed E-state index contributed by atoms with van der Waals surface area (Å²) < 4.78 is 30.6. The van der Waals surface area contributed by atoms with E-state index in [9.17, 15) is 13.6 Å². The molecule has 0 radical (unpaired) electrons. The normalized spacial score (nSPS) is 10.8. The molecule has 0 bridgehead atoms. The molecule has 0 unspecified atom stereocenters. The number of esters is 1. The second-order valence-corrected chi connectivity index (χ2v) is 3.78. The van der Waals surface area contributed by atoms with Crippen molar-refractivity contribution in [2.45, 2.75) is 33.2 Å². The third-order valence-corrected chi connectivity index (χ3v) is 2.44. The lowest BCUT2D eigenvalue weighted by molar-refractivity contribution is -0.142. The molecule has 18 heavy (non-hydrogen) atoms. The number of aromatic nitrogens is 1. The fraction of sp³-hybridized carbons (Fsp3) is 0.500. The minimum atomic E-state index is -2.67. The number of ether oxygens (including phenoxy) is 1. The summed E-state index contributed by atoms with van der Waals surface area (Å²) in [6.45, 7) is 3.55. The van der Waals surface area contributed by atoms with E-state index in [4.69, 9.17) is 10.5 Å². The van der Waals surface area contributed by atoms with Gasteiger partial charge in [0.15, 0.2) is 0 Å². The zero-order valence-electron chi connectivity index (χ0n) is 10.4. The van der Waals surface area contributed by atoms with Crippen LogP contribution in [-0.2, 0) is 22.5 Å². The molecule has 2 N–H and O–H groups in total. The summed E-state index contributed by atoms with van der Waals surface area (Å²) in [6.07, 6.45) is -2.93. The van der Waals surface area contributed by atoms with Crippen molar-refractivity contribution >= 4 is 5.97 Å². The fourth-order valence-electron chi connectivity index (χ4n) is 1.71. The van der Waals surface area contributed by atoms with Gasteiger partial charge in [0, 0.05) is 12.1 Å². The maximum absolute atomic E-state index is 12.9. The molecule has 1 aromatic rings. The zero-order chi connectivity index (χ0) is 13.7. The first-order valence-electron chi connectivity index (χ1n) is 5.62. The lowest BCUT2D eigenvalue weighted by Gasteiger charge is -2.12. The van der Waals surface area contributed by atoms with E-state index in [0.717, 1.165) is 0 Å². The van der Waals surface area contributed by atoms with Crippen molar-refractivity contribution in [1.29, 1.82) is 0 Å². The zero-order valence-corrected chi connectivity index (χ0v) is 10.4. The molecule has 0 spiro atoms. The highest BCUT2D eigenvalue weighted by Crippen LogP contribution is 2.26. The molecule has 0 saturated heterocycles. The van der Waals surface area contributed by atoms with Crippen LogP contribution in [0.5, 0.6) is 0 Å². The Morgan fingerprint density at radius 1 is 1.56 bits per heavy atom. The van der Waals surface area contributed by atoms with Crippen LogP contribution in [0, 0.1) is 6.92 Å². The van der Waals surface area contributed by atoms with Crippen LogP contribution >= 0.6 is 0 Å². The summed E-state index contributed by atoms with van der Waals surface area (Å²) in [5, 5.41) is 0. The number of halogens is 2. The Hall–Kier alpha value is -1.56. The van der Waals surface area contributed by atoms with Crippen LogP contribution in [0.25, 0.3) is 0 Å². The number of pyridine rings is 1. The molecule has 0 atom stereocenters. The topological polar surface area (TPSA) is 65.2 Å². The molecule has 0 aromatic carbocycles. The Balaban J connectivity index is 3.13. The highest BCUT2D eigenvalue weighted by Gasteiger charge is 2.20. The number of alkyl halides is 2. The molecule has 0 aliphatic rings. The fourth-order valence-corrected chi connectivity index (χ4v) is 1.71. The van der Waals surface area contributed by atoms with E-state index < -0.39 is 12.4 Å². The summed E-state index contributed by atoms with van der Waals surface area (Å²) in [4.78, 5) is 15.3. The molecule has 0 fully saturated rings. The molecule has 6 heteroatoms. The van der Waals surface area contributed by atoms with E-state index in [1.165, 1.54) is 6.07 Å². The summed E-state index contributed by atoms with van der Waals surface area (Å²) >= 11 is 0. The Labute approximate surface area is 104 Å². The van der Waals surface area contributed by atoms with Crippen LogP contribution in [0.3, 0.4) is 0 Å². The van der Waals surface area contributed by atoms with Gasteiger partial charge in [-0.1, -0.05) is 0 Å². The van der Waals surface area contributed by atoms with Gasteiger partial charge >= 0.3 is 5.97 Å². The Bertz CT molecular complexity index is 436. The number of nitrogens with two attached hydrogens (primary N) is 1. The second kappa shape index (κ2) is 6.39. The average molecular weight is 258 g/mol. The molecule has 0 aliphatic carbocycles. The van der Waals surface area contributed by atoms with Crippen molar-refractivity contribution < 1.29 is 18.3 Å². The molecular weight excluding hydrogens is 242 g/mol. The first-order valence-corrected chi connectivity index (χ1v) is 5.62. The van der Waals surface area contributed by atoms with Gasteiger partial charge in [-0.05, 0) is 25.5 Å². The minimum Gasteiger partial charge on any atom is -0.466 e. The lowest BCUT2D eigenvalue weighted by atomic mass is 10.0. The van der Waals surface area contributed by atoms with Gasteiger partial charge in [-0.15, -0.1) is 0 Å². The van der Waals surface area contributed by atoms with E-state index in [-0.39, 0.29) is 30.8 Å². The molecule has 1 heterocycles. The van der Waals surface area contributed by atoms with Crippen LogP contribution in [0.2, 0.25) is 0 Å². The minimum absolute atomic E-state index is 0.0453. The van der Waals surface area contributed by atoms with E-state index in [2.05, 4.69) is 4.98 Å². The molecular formula is C12H16F2N2O2. The van der Waals surface area contributed by atoms with Gasteiger partial charge in [0.05, 0.1) is 24.4 Å². The van der Waals surface area contributed by atoms with E-state index in [1.54, 1.807) is 13.8 Å². The molecule has 0 amide bonds. The summed E-state index contributed by atoms with van der Waals surface area (Å²) in [5.74, 6) is -0.569. The van der Waals surface area contributed by atoms with Gasteiger partial charge in [-0.25, -0.2) is 8.78 Å². The van der Waals surface area contributed by atoms with E-state index in [1.807, 2.05) is 0 Å². The monoisotopic (exact) mass is 258 g/mol. The number of nitrogens with zero attached hydrogens (tertiary/aromatic N) is 1. The van der Waals surface area contributed by atoms with Crippen molar-refractivity contribution in [2.24, 2.45) is 5.73 Å². The number of carbonyl (C=O) groups excluding carboxylic acids is 1. The number of hydrogen-bond donors (Lipinski definition) is 1. The van der Waals surface area contributed by atoms with Crippen LogP contribution < -0.4 is 5.73 Å². The van der Waals surface area contributed by atoms with Crippen molar-refractivity contribution in [2.75, 3.05) is 6.61 Å². The average Bonchev–Trinajstić information content (AvgIpc) is 2.27. The van der Waals surface area contributed by atoms with Gasteiger partial charge in [-0.3, -0.25) is 9.78 Å². The first kappa shape index (κ1) is 14.5. The van der Waals surface area contributed by atoms with Crippen LogP contribution in [0.1, 0.15) is 35.9 Å². The van der Waals surface area contributed by atoms with Gasteiger partial charge in [0.25, 0.3) is 6.43 Å². The number of rotatable bonds is 5. The maximum Gasteiger partial charge on any atom is 0.311 e. The standard InChI is InChI=1S/C12H16F2N2O2/c1-3-18-10(17)5-9-11(12(13)14)7(2)4-8(6-15)16-9/h4,12H,3,5-6,15H2,1-2H3. The van der Waals surface area contributed by atoms with Crippen molar-refractivity contribution in [3.63, 3.8) is 0 Å². The SMILES string of the molecule is CCOC(=O)Cc1nc(CN)cc(C)c1C(F)F. The molecule has 4 nitrogen and oxygen atoms in total. The Kier molecular flexibility index (Phi) is 5.15. The smallest absolute Gasteiger partial charge is 0.311 e. The third kappa shape index (κ3) is 3.46. The van der Waals surface area contributed by atoms with E-state index >= 15 is 0 Å². The van der Waals surface area contributed by atoms with Crippen LogP contribution in [0.15, 0.2) is 6.07 Å². The Morgan fingerprint density at radius 3 is 2.72 bits per heavy atom. The molecule has 0 saturated carbocycles. The number of hydrogen-bond acceptors (Lipinski definition) is 4. The summed E-state index contributed by atoms with van der Waals surface area (Å²) in [7, 11) is 0. The first-order chi connectivity index (χ1) is 8.49. The second-order valence-electron chi connectivity index (χ2n) is 3.78. The molecule has 0 aliphatic heterocycles. The summed E-state index contributed by atoms with van der Waals surface area (Å²) in [6, 6.07) is 1.51. The number of carbonyl (C=O) groups is 1. The van der Waals surface area contributed by atoms with E-state index in [0.29, 0.717) is 11.3 Å². The third-order valence-electron chi connectivity index (χ3n) is 2.44. The Morgan fingerprint density at radius 2 is 2.22 bits per heavy atom. The molecule has 1 aromatic heterocycles. The highest BCUT2D eigenvalue weighted by molar-refractivity contribution is 5.72. The van der Waals surface area contributed by atoms with Crippen molar-refractivity contribution in [3.8, 4) is 0 Å².